The van der Waals surface area contributed by atoms with Crippen LogP contribution in [-0.2, 0) is 13.0 Å². The fraction of sp³-hybridized carbons (Fsp3) is 0.545. The van der Waals surface area contributed by atoms with Gasteiger partial charge in [-0.05, 0) is 33.9 Å². The smallest absolute Gasteiger partial charge is 0.315 e. The monoisotopic (exact) mass is 346 g/mol. The summed E-state index contributed by atoms with van der Waals surface area (Å²) in [6, 6.07) is 0.436. The van der Waals surface area contributed by atoms with E-state index in [-0.39, 0.29) is 0 Å². The highest BCUT2D eigenvalue weighted by atomic mass is 79.9. The minimum atomic E-state index is 0.436. The van der Waals surface area contributed by atoms with Crippen LogP contribution in [0.25, 0.3) is 0 Å². The molecule has 0 fully saturated rings. The van der Waals surface area contributed by atoms with Gasteiger partial charge in [0.1, 0.15) is 0 Å². The quantitative estimate of drug-likeness (QED) is 0.829. The zero-order chi connectivity index (χ0) is 13.7. The summed E-state index contributed by atoms with van der Waals surface area (Å²) in [7, 11) is 1.59. The first-order valence-electron chi connectivity index (χ1n) is 5.98. The maximum atomic E-state index is 5.48. The fourth-order valence-electron chi connectivity index (χ4n) is 1.44. The van der Waals surface area contributed by atoms with Gasteiger partial charge in [0.25, 0.3) is 0 Å². The number of rotatable bonds is 7. The summed E-state index contributed by atoms with van der Waals surface area (Å²) in [5.74, 6) is 1.27. The molecule has 0 saturated carbocycles. The van der Waals surface area contributed by atoms with Gasteiger partial charge in [0.2, 0.25) is 11.8 Å². The third-order valence-electron chi connectivity index (χ3n) is 2.48. The van der Waals surface area contributed by atoms with Crippen molar-refractivity contribution in [3.05, 3.63) is 15.2 Å². The molecule has 0 aromatic carbocycles. The molecule has 0 aliphatic carbocycles. The van der Waals surface area contributed by atoms with E-state index in [0.29, 0.717) is 24.3 Å². The number of aryl methyl sites for hydroxylation is 1. The lowest BCUT2D eigenvalue weighted by molar-refractivity contribution is 0.399. The Morgan fingerprint density at radius 2 is 2.26 bits per heavy atom. The number of hydrogen-bond donors (Lipinski definition) is 1. The molecule has 2 heterocycles. The lowest BCUT2D eigenvalue weighted by atomic mass is 10.2. The summed E-state index contributed by atoms with van der Waals surface area (Å²) in [4.78, 5) is 1.02. The van der Waals surface area contributed by atoms with Gasteiger partial charge in [-0.2, -0.15) is 4.37 Å². The highest BCUT2D eigenvalue weighted by Gasteiger charge is 2.12. The Bertz CT molecular complexity index is 528. The zero-order valence-electron chi connectivity index (χ0n) is 10.8. The van der Waals surface area contributed by atoms with Crippen LogP contribution in [0, 0.1) is 0 Å². The van der Waals surface area contributed by atoms with Crippen LogP contribution in [0.2, 0.25) is 0 Å². The van der Waals surface area contributed by atoms with Gasteiger partial charge >= 0.3 is 6.01 Å². The Labute approximate surface area is 123 Å². The van der Waals surface area contributed by atoms with Crippen LogP contribution in [0.5, 0.6) is 5.88 Å². The van der Waals surface area contributed by atoms with E-state index in [1.54, 1.807) is 7.11 Å². The van der Waals surface area contributed by atoms with Crippen molar-refractivity contribution in [3.8, 4) is 5.88 Å². The first kappa shape index (κ1) is 14.3. The number of methoxy groups -OCH3 is 1. The Kier molecular flexibility index (Phi) is 5.15. The molecule has 1 N–H and O–H groups in total. The standard InChI is InChI=1S/C11H15BrN4O2S/c1-3-4-5-8-14-15-11(18-8)13-6-7-9(12)10(17-2)16-19-7/h3-6H2,1-2H3,(H,13,15). The van der Waals surface area contributed by atoms with Crippen LogP contribution in [0.1, 0.15) is 30.5 Å². The van der Waals surface area contributed by atoms with Gasteiger partial charge < -0.3 is 14.5 Å². The molecule has 2 aromatic heterocycles. The third-order valence-corrected chi connectivity index (χ3v) is 4.38. The van der Waals surface area contributed by atoms with Crippen molar-refractivity contribution in [3.63, 3.8) is 0 Å². The van der Waals surface area contributed by atoms with Gasteiger partial charge in [-0.1, -0.05) is 18.4 Å². The molecule has 6 nitrogen and oxygen atoms in total. The van der Waals surface area contributed by atoms with E-state index in [4.69, 9.17) is 9.15 Å². The van der Waals surface area contributed by atoms with E-state index in [0.717, 1.165) is 28.6 Å². The van der Waals surface area contributed by atoms with Crippen molar-refractivity contribution in [1.82, 2.24) is 14.6 Å². The van der Waals surface area contributed by atoms with Gasteiger partial charge in [0, 0.05) is 6.42 Å². The highest BCUT2D eigenvalue weighted by molar-refractivity contribution is 9.10. The fourth-order valence-corrected chi connectivity index (χ4v) is 2.83. The molecule has 0 unspecified atom stereocenters. The van der Waals surface area contributed by atoms with Gasteiger partial charge in [-0.15, -0.1) is 5.10 Å². The molecule has 104 valence electrons. The predicted molar refractivity (Wildman–Crippen MR) is 76.6 cm³/mol. The predicted octanol–water partition coefficient (Wildman–Crippen LogP) is 3.25. The average Bonchev–Trinajstić information content (AvgIpc) is 3.01. The number of ether oxygens (including phenoxy) is 1. The van der Waals surface area contributed by atoms with E-state index in [1.807, 2.05) is 0 Å². The molecule has 0 radical (unpaired) electrons. The summed E-state index contributed by atoms with van der Waals surface area (Å²) >= 11 is 4.81. The topological polar surface area (TPSA) is 73.1 Å². The number of anilines is 1. The lowest BCUT2D eigenvalue weighted by Gasteiger charge is -1.99. The van der Waals surface area contributed by atoms with Gasteiger partial charge in [-0.3, -0.25) is 0 Å². The second-order valence-electron chi connectivity index (χ2n) is 3.89. The van der Waals surface area contributed by atoms with E-state index in [2.05, 4.69) is 42.7 Å². The Hall–Kier alpha value is -1.15. The van der Waals surface area contributed by atoms with Gasteiger partial charge in [-0.25, -0.2) is 0 Å². The Morgan fingerprint density at radius 1 is 1.42 bits per heavy atom. The van der Waals surface area contributed by atoms with E-state index >= 15 is 0 Å². The van der Waals surface area contributed by atoms with Crippen LogP contribution in [-0.4, -0.2) is 21.7 Å². The normalized spacial score (nSPS) is 10.7. The van der Waals surface area contributed by atoms with Crippen LogP contribution in [0.15, 0.2) is 8.89 Å². The Balaban J connectivity index is 1.91. The molecule has 0 aliphatic rings. The van der Waals surface area contributed by atoms with Crippen molar-refractivity contribution < 1.29 is 9.15 Å². The maximum Gasteiger partial charge on any atom is 0.315 e. The van der Waals surface area contributed by atoms with Crippen LogP contribution >= 0.6 is 27.5 Å². The van der Waals surface area contributed by atoms with Crippen molar-refractivity contribution in [2.75, 3.05) is 12.4 Å². The average molecular weight is 347 g/mol. The molecule has 8 heteroatoms. The number of hydrogen-bond acceptors (Lipinski definition) is 7. The minimum Gasteiger partial charge on any atom is -0.480 e. The molecule has 0 saturated heterocycles. The summed E-state index contributed by atoms with van der Waals surface area (Å²) in [6.07, 6.45) is 2.99. The van der Waals surface area contributed by atoms with E-state index in [1.165, 1.54) is 11.5 Å². The first-order valence-corrected chi connectivity index (χ1v) is 7.55. The number of halogens is 1. The van der Waals surface area contributed by atoms with Crippen molar-refractivity contribution >= 4 is 33.5 Å². The number of aromatic nitrogens is 3. The summed E-state index contributed by atoms with van der Waals surface area (Å²) in [5.41, 5.74) is 0. The lowest BCUT2D eigenvalue weighted by Crippen LogP contribution is -1.98. The van der Waals surface area contributed by atoms with E-state index in [9.17, 15) is 0 Å². The Morgan fingerprint density at radius 3 is 2.95 bits per heavy atom. The number of nitrogens with one attached hydrogen (secondary N) is 1. The molecule has 0 amide bonds. The van der Waals surface area contributed by atoms with Crippen LogP contribution < -0.4 is 10.1 Å². The van der Waals surface area contributed by atoms with Gasteiger partial charge in [0.15, 0.2) is 0 Å². The van der Waals surface area contributed by atoms with Gasteiger partial charge in [0.05, 0.1) is 23.0 Å². The maximum absolute atomic E-state index is 5.48. The van der Waals surface area contributed by atoms with Crippen LogP contribution in [0.4, 0.5) is 6.01 Å². The summed E-state index contributed by atoms with van der Waals surface area (Å²) in [6.45, 7) is 2.70. The third kappa shape index (κ3) is 3.66. The number of unbranched alkanes of at least 4 members (excludes halogenated alkanes) is 1. The molecule has 2 aromatic rings. The molecular weight excluding hydrogens is 332 g/mol. The molecule has 0 atom stereocenters. The molecular formula is C11H15BrN4O2S. The number of nitrogens with zero attached hydrogens (tertiary/aromatic N) is 3. The summed E-state index contributed by atoms with van der Waals surface area (Å²) < 4.78 is 15.6. The molecule has 19 heavy (non-hydrogen) atoms. The van der Waals surface area contributed by atoms with Crippen molar-refractivity contribution in [1.29, 1.82) is 0 Å². The highest BCUT2D eigenvalue weighted by Crippen LogP contribution is 2.31. The van der Waals surface area contributed by atoms with Crippen molar-refractivity contribution in [2.45, 2.75) is 32.7 Å². The molecule has 0 bridgehead atoms. The van der Waals surface area contributed by atoms with Crippen molar-refractivity contribution in [2.24, 2.45) is 0 Å². The molecule has 0 spiro atoms. The second-order valence-corrected chi connectivity index (χ2v) is 5.54. The SMILES string of the molecule is CCCCc1nnc(NCc2snc(OC)c2Br)o1. The second kappa shape index (κ2) is 6.85. The minimum absolute atomic E-state index is 0.436. The van der Waals surface area contributed by atoms with E-state index < -0.39 is 0 Å². The molecule has 2 rings (SSSR count). The largest absolute Gasteiger partial charge is 0.480 e. The van der Waals surface area contributed by atoms with Crippen LogP contribution in [0.3, 0.4) is 0 Å². The zero-order valence-corrected chi connectivity index (χ0v) is 13.2. The molecule has 0 aliphatic heterocycles. The first-order chi connectivity index (χ1) is 9.24. The summed E-state index contributed by atoms with van der Waals surface area (Å²) in [5, 5.41) is 11.0.